The van der Waals surface area contributed by atoms with E-state index in [2.05, 4.69) is 26.8 Å². The van der Waals surface area contributed by atoms with Crippen molar-refractivity contribution in [2.75, 3.05) is 0 Å². The van der Waals surface area contributed by atoms with E-state index < -0.39 is 0 Å². The molecule has 122 valence electrons. The van der Waals surface area contributed by atoms with Crippen molar-refractivity contribution in [3.05, 3.63) is 40.9 Å². The minimum atomic E-state index is 0.0499. The number of allylic oxidation sites excluding steroid dienone is 2. The highest BCUT2D eigenvalue weighted by Crippen LogP contribution is 2.49. The first kappa shape index (κ1) is 16.2. The van der Waals surface area contributed by atoms with Gasteiger partial charge in [0.15, 0.2) is 0 Å². The Kier molecular flexibility index (Phi) is 4.05. The van der Waals surface area contributed by atoms with Crippen molar-refractivity contribution in [1.82, 2.24) is 0 Å². The minimum absolute atomic E-state index is 0.0499. The van der Waals surface area contributed by atoms with Crippen LogP contribution in [0.5, 0.6) is 11.5 Å². The molecular formula is C20H23ClO2. The maximum absolute atomic E-state index is 10.7. The van der Waals surface area contributed by atoms with Gasteiger partial charge >= 0.3 is 0 Å². The summed E-state index contributed by atoms with van der Waals surface area (Å²) in [6.07, 6.45) is 5.09. The zero-order chi connectivity index (χ0) is 16.8. The number of aromatic hydroxyl groups is 2. The van der Waals surface area contributed by atoms with Crippen molar-refractivity contribution < 1.29 is 10.2 Å². The molecule has 0 amide bonds. The summed E-state index contributed by atoms with van der Waals surface area (Å²) >= 11 is 6.39. The fraction of sp³-hybridized carbons (Fsp3) is 0.400. The van der Waals surface area contributed by atoms with Gasteiger partial charge in [-0.1, -0.05) is 62.7 Å². The summed E-state index contributed by atoms with van der Waals surface area (Å²) in [5, 5.41) is 22.6. The third kappa shape index (κ3) is 2.81. The Labute approximate surface area is 142 Å². The molecule has 0 unspecified atom stereocenters. The lowest BCUT2D eigenvalue weighted by Gasteiger charge is -2.33. The Hall–Kier alpha value is -1.67. The van der Waals surface area contributed by atoms with E-state index in [0.717, 1.165) is 24.8 Å². The van der Waals surface area contributed by atoms with Crippen LogP contribution in [0.25, 0.3) is 16.3 Å². The third-order valence-electron chi connectivity index (χ3n) is 5.06. The highest BCUT2D eigenvalue weighted by Gasteiger charge is 2.28. The number of hydrogen-bond acceptors (Lipinski definition) is 2. The molecule has 0 aromatic heterocycles. The first-order valence-corrected chi connectivity index (χ1v) is 8.50. The molecule has 0 saturated heterocycles. The van der Waals surface area contributed by atoms with Gasteiger partial charge in [-0.05, 0) is 36.2 Å². The molecule has 2 aromatic rings. The second-order valence-electron chi connectivity index (χ2n) is 7.50. The maximum atomic E-state index is 10.7. The number of phenolic OH excluding ortho intramolecular Hbond substituents is 2. The molecule has 23 heavy (non-hydrogen) atoms. The predicted octanol–water partition coefficient (Wildman–Crippen LogP) is 6.13. The molecule has 2 N–H and O–H groups in total. The van der Waals surface area contributed by atoms with E-state index in [4.69, 9.17) is 11.6 Å². The van der Waals surface area contributed by atoms with Crippen molar-refractivity contribution >= 4 is 27.9 Å². The number of benzene rings is 2. The topological polar surface area (TPSA) is 40.5 Å². The Bertz CT molecular complexity index is 784. The summed E-state index contributed by atoms with van der Waals surface area (Å²) in [4.78, 5) is 0. The number of rotatable bonds is 1. The van der Waals surface area contributed by atoms with Crippen molar-refractivity contribution in [3.8, 4) is 11.5 Å². The van der Waals surface area contributed by atoms with E-state index in [1.165, 1.54) is 0 Å². The fourth-order valence-electron chi connectivity index (χ4n) is 3.51. The summed E-state index contributed by atoms with van der Waals surface area (Å²) in [5.41, 5.74) is 1.91. The molecule has 1 aliphatic carbocycles. The molecule has 1 aliphatic rings. The standard InChI is InChI=1S/C20H23ClO2/c1-20(2,3)13-10-8-12(9-11-13)16-17(21)19(23)15-7-5-4-6-14(15)18(16)22/h4-8,13,22-23H,9-11H2,1-3H3/t13-/m0/s1. The largest absolute Gasteiger partial charge is 0.507 e. The SMILES string of the molecule is CC(C)(C)[C@H]1CC=C(c2c(Cl)c(O)c3ccccc3c2O)CC1. The average molecular weight is 331 g/mol. The van der Waals surface area contributed by atoms with Gasteiger partial charge in [-0.2, -0.15) is 0 Å². The van der Waals surface area contributed by atoms with Crippen LogP contribution >= 0.6 is 11.6 Å². The predicted molar refractivity (Wildman–Crippen MR) is 97.1 cm³/mol. The van der Waals surface area contributed by atoms with Gasteiger partial charge < -0.3 is 10.2 Å². The molecule has 3 heteroatoms. The highest BCUT2D eigenvalue weighted by atomic mass is 35.5. The van der Waals surface area contributed by atoms with Crippen LogP contribution < -0.4 is 0 Å². The van der Waals surface area contributed by atoms with E-state index in [1.807, 2.05) is 18.2 Å². The fourth-order valence-corrected chi connectivity index (χ4v) is 3.82. The Morgan fingerprint density at radius 3 is 2.17 bits per heavy atom. The lowest BCUT2D eigenvalue weighted by atomic mass is 9.72. The van der Waals surface area contributed by atoms with Crippen LogP contribution in [0.4, 0.5) is 0 Å². The summed E-state index contributed by atoms with van der Waals surface area (Å²) in [5.74, 6) is 0.846. The van der Waals surface area contributed by atoms with Gasteiger partial charge in [-0.25, -0.2) is 0 Å². The van der Waals surface area contributed by atoms with Gasteiger partial charge in [-0.15, -0.1) is 0 Å². The van der Waals surface area contributed by atoms with Crippen molar-refractivity contribution in [2.24, 2.45) is 11.3 Å². The summed E-state index contributed by atoms with van der Waals surface area (Å²) < 4.78 is 0. The molecule has 0 saturated carbocycles. The zero-order valence-corrected chi connectivity index (χ0v) is 14.6. The molecule has 1 atom stereocenters. The van der Waals surface area contributed by atoms with E-state index in [9.17, 15) is 10.2 Å². The first-order valence-electron chi connectivity index (χ1n) is 8.12. The van der Waals surface area contributed by atoms with Crippen molar-refractivity contribution in [3.63, 3.8) is 0 Å². The summed E-state index contributed by atoms with van der Waals surface area (Å²) in [6, 6.07) is 7.26. The number of hydrogen-bond donors (Lipinski definition) is 2. The van der Waals surface area contributed by atoms with Gasteiger partial charge in [0.2, 0.25) is 0 Å². The lowest BCUT2D eigenvalue weighted by molar-refractivity contribution is 0.225. The number of phenols is 2. The molecule has 0 fully saturated rings. The van der Waals surface area contributed by atoms with E-state index in [-0.39, 0.29) is 21.9 Å². The van der Waals surface area contributed by atoms with Crippen LogP contribution in [-0.4, -0.2) is 10.2 Å². The van der Waals surface area contributed by atoms with E-state index in [1.54, 1.807) is 6.07 Å². The third-order valence-corrected chi connectivity index (χ3v) is 5.43. The monoisotopic (exact) mass is 330 g/mol. The second kappa shape index (κ2) is 5.76. The Morgan fingerprint density at radius 2 is 1.65 bits per heavy atom. The molecular weight excluding hydrogens is 308 g/mol. The van der Waals surface area contributed by atoms with E-state index >= 15 is 0 Å². The molecule has 2 aromatic carbocycles. The van der Waals surface area contributed by atoms with Gasteiger partial charge in [0.25, 0.3) is 0 Å². The van der Waals surface area contributed by atoms with Crippen LogP contribution in [0, 0.1) is 11.3 Å². The van der Waals surface area contributed by atoms with Crippen molar-refractivity contribution in [1.29, 1.82) is 0 Å². The molecule has 0 bridgehead atoms. The van der Waals surface area contributed by atoms with Crippen molar-refractivity contribution in [2.45, 2.75) is 40.0 Å². The quantitative estimate of drug-likeness (QED) is 0.617. The van der Waals surface area contributed by atoms with Gasteiger partial charge in [0.05, 0.1) is 5.02 Å². The molecule has 0 spiro atoms. The van der Waals surface area contributed by atoms with Crippen LogP contribution in [0.2, 0.25) is 5.02 Å². The molecule has 0 aliphatic heterocycles. The van der Waals surface area contributed by atoms with Crippen LogP contribution in [0.3, 0.4) is 0 Å². The smallest absolute Gasteiger partial charge is 0.142 e. The lowest BCUT2D eigenvalue weighted by Crippen LogP contribution is -2.22. The first-order chi connectivity index (χ1) is 10.8. The van der Waals surface area contributed by atoms with E-state index in [0.29, 0.717) is 22.3 Å². The zero-order valence-electron chi connectivity index (χ0n) is 13.9. The van der Waals surface area contributed by atoms with Gasteiger partial charge in [0.1, 0.15) is 11.5 Å². The normalized spacial score (nSPS) is 19.0. The highest BCUT2D eigenvalue weighted by molar-refractivity contribution is 6.35. The molecule has 2 nitrogen and oxygen atoms in total. The number of halogens is 1. The van der Waals surface area contributed by atoms with Gasteiger partial charge in [0, 0.05) is 16.3 Å². The maximum Gasteiger partial charge on any atom is 0.142 e. The van der Waals surface area contributed by atoms with Gasteiger partial charge in [-0.3, -0.25) is 0 Å². The van der Waals surface area contributed by atoms with Crippen LogP contribution in [0.15, 0.2) is 30.3 Å². The average Bonchev–Trinajstić information content (AvgIpc) is 2.53. The Morgan fingerprint density at radius 1 is 1.04 bits per heavy atom. The number of fused-ring (bicyclic) bond motifs is 1. The molecule has 0 radical (unpaired) electrons. The second-order valence-corrected chi connectivity index (χ2v) is 7.88. The Balaban J connectivity index is 2.09. The molecule has 0 heterocycles. The van der Waals surface area contributed by atoms with Crippen LogP contribution in [0.1, 0.15) is 45.6 Å². The van der Waals surface area contributed by atoms with Crippen LogP contribution in [-0.2, 0) is 0 Å². The molecule has 3 rings (SSSR count). The summed E-state index contributed by atoms with van der Waals surface area (Å²) in [6.45, 7) is 6.80. The minimum Gasteiger partial charge on any atom is -0.507 e. The summed E-state index contributed by atoms with van der Waals surface area (Å²) in [7, 11) is 0.